The molecule has 0 unspecified atom stereocenters. The van der Waals surface area contributed by atoms with E-state index in [0.29, 0.717) is 5.71 Å². The molecule has 10 rings (SSSR count). The smallest absolute Gasteiger partial charge is 0.216 e. The van der Waals surface area contributed by atoms with Crippen molar-refractivity contribution in [2.45, 2.75) is 46.3 Å². The van der Waals surface area contributed by atoms with Gasteiger partial charge in [-0.25, -0.2) is 4.98 Å². The van der Waals surface area contributed by atoms with Gasteiger partial charge < -0.3 is 18.4 Å². The van der Waals surface area contributed by atoms with E-state index in [2.05, 4.69) is 88.8 Å². The molecule has 10 aromatic rings. The summed E-state index contributed by atoms with van der Waals surface area (Å²) in [6.45, 7) is 12.8. The van der Waals surface area contributed by atoms with Crippen molar-refractivity contribution in [2.24, 2.45) is 0 Å². The van der Waals surface area contributed by atoms with Gasteiger partial charge in [-0.05, 0) is 60.1 Å². The van der Waals surface area contributed by atoms with Gasteiger partial charge in [-0.2, -0.15) is 0 Å². The van der Waals surface area contributed by atoms with Crippen molar-refractivity contribution in [3.8, 4) is 28.3 Å². The maximum Gasteiger partial charge on any atom is 0.216 e. The molecule has 0 amide bonds. The van der Waals surface area contributed by atoms with E-state index in [0.717, 1.165) is 88.9 Å². The molecule has 5 heterocycles. The molecular weight excluding hydrogens is 885 g/mol. The minimum Gasteiger partial charge on any atom is -0.486 e. The van der Waals surface area contributed by atoms with Gasteiger partial charge in [0, 0.05) is 49.5 Å². The summed E-state index contributed by atoms with van der Waals surface area (Å²) in [4.78, 5) is 14.3. The van der Waals surface area contributed by atoms with Crippen LogP contribution in [-0.2, 0) is 20.1 Å². The van der Waals surface area contributed by atoms with Gasteiger partial charge in [-0.3, -0.25) is 4.98 Å². The van der Waals surface area contributed by atoms with Crippen molar-refractivity contribution < 1.29 is 30.3 Å². The second-order valence-electron chi connectivity index (χ2n) is 15.2. The first kappa shape index (κ1) is 36.0. The molecule has 0 spiro atoms. The standard InChI is InChI=1S/C31H18N3O2.C17H22NSi.Ir/c1-18-16-17-22-21-9-6-11-23(28(21)36-31(22)32-18)30-33-24-12-3-4-13-25(24)34(30)26-14-7-10-20-19-8-2-5-15-27(19)35-29(20)26;1-13(2)15-11-16(14-9-7-6-8-10-14)18-12-17(15)19(3,4)5;/h2-10,12-17H,1H3;6-9,11-13H,1-5H3;/q2*-1;/i;13D;. The van der Waals surface area contributed by atoms with Crippen LogP contribution in [0.15, 0.2) is 136 Å². The zero-order valence-corrected chi connectivity index (χ0v) is 35.5. The number of furan rings is 2. The molecule has 0 N–H and O–H groups in total. The van der Waals surface area contributed by atoms with Gasteiger partial charge in [-0.15, -0.1) is 54.1 Å². The summed E-state index contributed by atoms with van der Waals surface area (Å²) in [5.74, 6) is 0.132. The Labute approximate surface area is 342 Å². The molecule has 0 aliphatic rings. The molecule has 0 bridgehead atoms. The van der Waals surface area contributed by atoms with Gasteiger partial charge in [0.05, 0.1) is 36.2 Å². The molecule has 1 radical (unpaired) electrons. The number of imidazole rings is 1. The van der Waals surface area contributed by atoms with Gasteiger partial charge in [0.1, 0.15) is 5.58 Å². The summed E-state index contributed by atoms with van der Waals surface area (Å²) in [5, 5.41) is 5.40. The Morgan fingerprint density at radius 3 is 2.30 bits per heavy atom. The third-order valence-electron chi connectivity index (χ3n) is 10.1. The van der Waals surface area contributed by atoms with E-state index >= 15 is 0 Å². The van der Waals surface area contributed by atoms with Crippen molar-refractivity contribution in [3.63, 3.8) is 0 Å². The summed E-state index contributed by atoms with van der Waals surface area (Å²) >= 11 is 0. The zero-order valence-electron chi connectivity index (χ0n) is 33.1. The Morgan fingerprint density at radius 1 is 0.732 bits per heavy atom. The van der Waals surface area contributed by atoms with Crippen LogP contribution in [0.4, 0.5) is 0 Å². The molecule has 6 nitrogen and oxygen atoms in total. The maximum absolute atomic E-state index is 8.44. The number of fused-ring (bicyclic) bond motifs is 7. The fourth-order valence-electron chi connectivity index (χ4n) is 7.39. The van der Waals surface area contributed by atoms with Gasteiger partial charge in [-0.1, -0.05) is 98.5 Å². The largest absolute Gasteiger partial charge is 0.486 e. The van der Waals surface area contributed by atoms with E-state index in [4.69, 9.17) is 15.2 Å². The van der Waals surface area contributed by atoms with Crippen LogP contribution in [0.2, 0.25) is 19.6 Å². The number of pyridine rings is 2. The summed E-state index contributed by atoms with van der Waals surface area (Å²) in [6, 6.07) is 47.1. The van der Waals surface area contributed by atoms with Crippen molar-refractivity contribution >= 4 is 68.3 Å². The summed E-state index contributed by atoms with van der Waals surface area (Å²) in [6.07, 6.45) is 1.98. The molecule has 0 atom stereocenters. The zero-order chi connectivity index (χ0) is 38.8. The average Bonchev–Trinajstić information content (AvgIpc) is 3.89. The number of nitrogens with zero attached hydrogens (tertiary/aromatic N) is 4. The predicted molar refractivity (Wildman–Crippen MR) is 228 cm³/mol. The molecule has 8 heteroatoms. The molecule has 5 aromatic heterocycles. The van der Waals surface area contributed by atoms with Crippen molar-refractivity contribution in [3.05, 3.63) is 151 Å². The third kappa shape index (κ3) is 6.58. The van der Waals surface area contributed by atoms with E-state index in [1.165, 1.54) is 5.19 Å². The number of para-hydroxylation sites is 4. The van der Waals surface area contributed by atoms with E-state index in [-0.39, 0.29) is 20.1 Å². The molecule has 0 aliphatic heterocycles. The normalized spacial score (nSPS) is 12.2. The molecule has 5 aromatic carbocycles. The van der Waals surface area contributed by atoms with Gasteiger partial charge >= 0.3 is 0 Å². The fraction of sp³-hybridized carbons (Fsp3) is 0.146. The minimum atomic E-state index is -1.50. The Bertz CT molecular complexity index is 3080. The summed E-state index contributed by atoms with van der Waals surface area (Å²) in [7, 11) is -1.50. The number of hydrogen-bond acceptors (Lipinski definition) is 5. The molecule has 0 saturated heterocycles. The van der Waals surface area contributed by atoms with Gasteiger partial charge in [0.15, 0.2) is 5.58 Å². The molecule has 0 aliphatic carbocycles. The third-order valence-corrected chi connectivity index (χ3v) is 12.1. The van der Waals surface area contributed by atoms with Crippen LogP contribution >= 0.6 is 0 Å². The second kappa shape index (κ2) is 14.8. The van der Waals surface area contributed by atoms with E-state index < -0.39 is 14.0 Å². The molecule has 56 heavy (non-hydrogen) atoms. The fourth-order valence-corrected chi connectivity index (χ4v) is 8.98. The van der Waals surface area contributed by atoms with Crippen LogP contribution in [0.3, 0.4) is 0 Å². The SMILES string of the molecule is Cc1ccc2c(n1)oc1c(-c3nc4ccccc4n3-c3cccc4c3oc3ccccc34)[c-]ccc12.[2H]C(C)(C)c1cc(-c2[c-]cccc2)ncc1[Si](C)(C)C.[Ir]. The Kier molecular flexibility index (Phi) is 9.50. The molecule has 279 valence electrons. The van der Waals surface area contributed by atoms with Crippen LogP contribution in [0, 0.1) is 19.1 Å². The summed E-state index contributed by atoms with van der Waals surface area (Å²) in [5.41, 5.74) is 10.5. The Balaban J connectivity index is 0.000000186. The number of hydrogen-bond donors (Lipinski definition) is 0. The second-order valence-corrected chi connectivity index (χ2v) is 20.2. The van der Waals surface area contributed by atoms with E-state index in [9.17, 15) is 0 Å². The van der Waals surface area contributed by atoms with E-state index in [1.54, 1.807) is 0 Å². The Morgan fingerprint density at radius 2 is 1.50 bits per heavy atom. The number of aryl methyl sites for hydroxylation is 1. The number of rotatable bonds is 5. The van der Waals surface area contributed by atoms with Crippen molar-refractivity contribution in [2.75, 3.05) is 0 Å². The van der Waals surface area contributed by atoms with Crippen LogP contribution in [-0.4, -0.2) is 27.6 Å². The van der Waals surface area contributed by atoms with Crippen molar-refractivity contribution in [1.82, 2.24) is 19.5 Å². The van der Waals surface area contributed by atoms with Crippen LogP contribution in [0.1, 0.15) is 32.4 Å². The minimum absolute atomic E-state index is 0. The first-order valence-corrected chi connectivity index (χ1v) is 22.0. The number of benzene rings is 5. The van der Waals surface area contributed by atoms with Gasteiger partial charge in [0.25, 0.3) is 0 Å². The van der Waals surface area contributed by atoms with Gasteiger partial charge in [0.2, 0.25) is 5.71 Å². The molecular formula is C48H40IrN4O2Si-2. The van der Waals surface area contributed by atoms with Crippen molar-refractivity contribution in [1.29, 1.82) is 0 Å². The number of aromatic nitrogens is 4. The summed E-state index contributed by atoms with van der Waals surface area (Å²) < 4.78 is 23.3. The predicted octanol–water partition coefficient (Wildman–Crippen LogP) is 12.2. The first-order valence-electron chi connectivity index (χ1n) is 19.0. The quantitative estimate of drug-likeness (QED) is 0.127. The monoisotopic (exact) mass is 926 g/mol. The Hall–Kier alpha value is -5.66. The molecule has 0 fully saturated rings. The topological polar surface area (TPSA) is 69.9 Å². The average molecular weight is 926 g/mol. The van der Waals surface area contributed by atoms with Crippen LogP contribution in [0.25, 0.3) is 83.4 Å². The maximum atomic E-state index is 8.44. The van der Waals surface area contributed by atoms with E-state index in [1.807, 2.05) is 106 Å². The van der Waals surface area contributed by atoms with Crippen LogP contribution in [0.5, 0.6) is 0 Å². The van der Waals surface area contributed by atoms with Crippen LogP contribution < -0.4 is 5.19 Å². The molecule has 0 saturated carbocycles. The first-order chi connectivity index (χ1) is 27.0.